The highest BCUT2D eigenvalue weighted by Crippen LogP contribution is 2.37. The Bertz CT molecular complexity index is 686. The Kier molecular flexibility index (Phi) is 3.25. The van der Waals surface area contributed by atoms with Gasteiger partial charge in [0.15, 0.2) is 11.6 Å². The molecule has 2 N–H and O–H groups in total. The van der Waals surface area contributed by atoms with Gasteiger partial charge in [-0.25, -0.2) is 0 Å². The van der Waals surface area contributed by atoms with Gasteiger partial charge in [0.25, 0.3) is 0 Å². The molecular weight excluding hydrogens is 244 g/mol. The fourth-order valence-corrected chi connectivity index (χ4v) is 2.18. The molecule has 0 fully saturated rings. The van der Waals surface area contributed by atoms with Crippen molar-refractivity contribution in [3.63, 3.8) is 0 Å². The average molecular weight is 258 g/mol. The number of ketones is 2. The van der Waals surface area contributed by atoms with Crippen LogP contribution < -0.4 is 0 Å². The molecule has 0 saturated carbocycles. The maximum Gasteiger partial charge on any atom is 0.164 e. The number of hydrogen-bond acceptors (Lipinski definition) is 4. The Morgan fingerprint density at radius 2 is 1.89 bits per heavy atom. The first-order chi connectivity index (χ1) is 8.97. The van der Waals surface area contributed by atoms with Crippen molar-refractivity contribution in [3.05, 3.63) is 35.4 Å². The number of phenols is 2. The van der Waals surface area contributed by atoms with E-state index in [1.807, 2.05) is 0 Å². The topological polar surface area (TPSA) is 74.6 Å². The van der Waals surface area contributed by atoms with Crippen LogP contribution in [0.25, 0.3) is 10.8 Å². The molecule has 0 spiro atoms. The number of aromatic hydroxyl groups is 2. The Balaban J connectivity index is 2.94. The van der Waals surface area contributed by atoms with Gasteiger partial charge in [0.2, 0.25) is 0 Å². The SMILES string of the molecule is CCC(=O)c1cc2cccc(O)c2c(O)c1C(C)=O. The van der Waals surface area contributed by atoms with Crippen LogP contribution in [-0.2, 0) is 0 Å². The molecule has 4 heteroatoms. The average Bonchev–Trinajstić information content (AvgIpc) is 2.36. The van der Waals surface area contributed by atoms with Gasteiger partial charge in [-0.2, -0.15) is 0 Å². The van der Waals surface area contributed by atoms with E-state index < -0.39 is 5.78 Å². The summed E-state index contributed by atoms with van der Waals surface area (Å²) in [6.45, 7) is 2.98. The number of phenolic OH excluding ortho intramolecular Hbond substituents is 2. The number of carbonyl (C=O) groups is 2. The molecule has 0 saturated heterocycles. The summed E-state index contributed by atoms with van der Waals surface area (Å²) in [6, 6.07) is 6.25. The van der Waals surface area contributed by atoms with Gasteiger partial charge in [-0.05, 0) is 24.4 Å². The molecule has 0 heterocycles. The van der Waals surface area contributed by atoms with Crippen LogP contribution >= 0.6 is 0 Å². The maximum atomic E-state index is 11.9. The number of rotatable bonds is 3. The van der Waals surface area contributed by atoms with Gasteiger partial charge in [0.1, 0.15) is 11.5 Å². The molecule has 0 unspecified atom stereocenters. The summed E-state index contributed by atoms with van der Waals surface area (Å²) in [5.74, 6) is -1.07. The number of carbonyl (C=O) groups excluding carboxylic acids is 2. The standard InChI is InChI=1S/C15H14O4/c1-3-11(17)10-7-9-5-4-6-12(18)14(9)15(19)13(10)8(2)16/h4-7,18-19H,3H2,1-2H3. The highest BCUT2D eigenvalue weighted by molar-refractivity contribution is 6.15. The monoisotopic (exact) mass is 258 g/mol. The Morgan fingerprint density at radius 1 is 1.21 bits per heavy atom. The van der Waals surface area contributed by atoms with E-state index in [-0.39, 0.29) is 40.2 Å². The molecule has 0 radical (unpaired) electrons. The van der Waals surface area contributed by atoms with Crippen molar-refractivity contribution in [2.45, 2.75) is 20.3 Å². The van der Waals surface area contributed by atoms with Crippen LogP contribution in [-0.4, -0.2) is 21.8 Å². The highest BCUT2D eigenvalue weighted by atomic mass is 16.3. The summed E-state index contributed by atoms with van der Waals surface area (Å²) >= 11 is 0. The largest absolute Gasteiger partial charge is 0.507 e. The zero-order valence-electron chi connectivity index (χ0n) is 10.7. The van der Waals surface area contributed by atoms with Gasteiger partial charge in [0, 0.05) is 12.0 Å². The molecule has 0 bridgehead atoms. The molecule has 0 aliphatic carbocycles. The van der Waals surface area contributed by atoms with Gasteiger partial charge in [-0.1, -0.05) is 19.1 Å². The van der Waals surface area contributed by atoms with E-state index in [1.54, 1.807) is 19.1 Å². The molecular formula is C15H14O4. The Labute approximate surface area is 110 Å². The molecule has 0 atom stereocenters. The fourth-order valence-electron chi connectivity index (χ4n) is 2.18. The molecule has 0 amide bonds. The van der Waals surface area contributed by atoms with Gasteiger partial charge in [-0.15, -0.1) is 0 Å². The lowest BCUT2D eigenvalue weighted by Crippen LogP contribution is -2.07. The summed E-state index contributed by atoms with van der Waals surface area (Å²) in [6.07, 6.45) is 0.240. The van der Waals surface area contributed by atoms with E-state index in [1.165, 1.54) is 19.1 Å². The van der Waals surface area contributed by atoms with Crippen LogP contribution in [0.15, 0.2) is 24.3 Å². The zero-order chi connectivity index (χ0) is 14.2. The minimum atomic E-state index is -0.403. The second kappa shape index (κ2) is 4.72. The summed E-state index contributed by atoms with van der Waals surface area (Å²) in [5.41, 5.74) is 0.173. The predicted molar refractivity (Wildman–Crippen MR) is 71.9 cm³/mol. The van der Waals surface area contributed by atoms with Crippen molar-refractivity contribution in [1.82, 2.24) is 0 Å². The molecule has 4 nitrogen and oxygen atoms in total. The number of benzene rings is 2. The lowest BCUT2D eigenvalue weighted by molar-refractivity contribution is 0.0964. The fraction of sp³-hybridized carbons (Fsp3) is 0.200. The van der Waals surface area contributed by atoms with Crippen molar-refractivity contribution in [2.75, 3.05) is 0 Å². The number of hydrogen-bond donors (Lipinski definition) is 2. The van der Waals surface area contributed by atoms with Crippen molar-refractivity contribution in [1.29, 1.82) is 0 Å². The Morgan fingerprint density at radius 3 is 2.47 bits per heavy atom. The summed E-state index contributed by atoms with van der Waals surface area (Å²) in [5, 5.41) is 20.7. The quantitative estimate of drug-likeness (QED) is 0.830. The van der Waals surface area contributed by atoms with Crippen LogP contribution in [0.1, 0.15) is 41.0 Å². The predicted octanol–water partition coefficient (Wildman–Crippen LogP) is 3.05. The lowest BCUT2D eigenvalue weighted by atomic mass is 9.93. The van der Waals surface area contributed by atoms with Gasteiger partial charge < -0.3 is 10.2 Å². The van der Waals surface area contributed by atoms with E-state index in [9.17, 15) is 19.8 Å². The number of fused-ring (bicyclic) bond motifs is 1. The number of Topliss-reactive ketones (excluding diaryl/α,β-unsaturated/α-hetero) is 2. The molecule has 2 aromatic rings. The zero-order valence-corrected chi connectivity index (χ0v) is 10.7. The molecule has 0 aromatic heterocycles. The van der Waals surface area contributed by atoms with E-state index in [0.29, 0.717) is 5.39 Å². The van der Waals surface area contributed by atoms with Crippen molar-refractivity contribution >= 4 is 22.3 Å². The molecule has 98 valence electrons. The van der Waals surface area contributed by atoms with E-state index in [2.05, 4.69) is 0 Å². The lowest BCUT2D eigenvalue weighted by Gasteiger charge is -2.12. The van der Waals surface area contributed by atoms with Crippen LogP contribution in [0.3, 0.4) is 0 Å². The first-order valence-electron chi connectivity index (χ1n) is 5.99. The third kappa shape index (κ3) is 2.05. The first-order valence-corrected chi connectivity index (χ1v) is 5.99. The molecule has 2 rings (SSSR count). The van der Waals surface area contributed by atoms with Gasteiger partial charge >= 0.3 is 0 Å². The molecule has 2 aromatic carbocycles. The van der Waals surface area contributed by atoms with Crippen molar-refractivity contribution in [3.8, 4) is 11.5 Å². The minimum Gasteiger partial charge on any atom is -0.507 e. The highest BCUT2D eigenvalue weighted by Gasteiger charge is 2.21. The van der Waals surface area contributed by atoms with Crippen molar-refractivity contribution < 1.29 is 19.8 Å². The Hall–Kier alpha value is -2.36. The van der Waals surface area contributed by atoms with E-state index >= 15 is 0 Å². The van der Waals surface area contributed by atoms with Crippen LogP contribution in [0.2, 0.25) is 0 Å². The maximum absolute atomic E-state index is 11.9. The molecule has 0 aliphatic heterocycles. The second-order valence-electron chi connectivity index (χ2n) is 4.36. The smallest absolute Gasteiger partial charge is 0.164 e. The summed E-state index contributed by atoms with van der Waals surface area (Å²) in [4.78, 5) is 23.6. The normalized spacial score (nSPS) is 10.6. The van der Waals surface area contributed by atoms with E-state index in [4.69, 9.17) is 0 Å². The van der Waals surface area contributed by atoms with E-state index in [0.717, 1.165) is 0 Å². The van der Waals surface area contributed by atoms with Crippen LogP contribution in [0.5, 0.6) is 11.5 Å². The summed E-state index contributed by atoms with van der Waals surface area (Å²) < 4.78 is 0. The molecule has 19 heavy (non-hydrogen) atoms. The third-order valence-corrected chi connectivity index (χ3v) is 3.09. The first kappa shape index (κ1) is 13.1. The minimum absolute atomic E-state index is 0.0270. The third-order valence-electron chi connectivity index (χ3n) is 3.09. The van der Waals surface area contributed by atoms with Crippen molar-refractivity contribution in [2.24, 2.45) is 0 Å². The van der Waals surface area contributed by atoms with Crippen LogP contribution in [0, 0.1) is 0 Å². The van der Waals surface area contributed by atoms with Gasteiger partial charge in [-0.3, -0.25) is 9.59 Å². The van der Waals surface area contributed by atoms with Crippen LogP contribution in [0.4, 0.5) is 0 Å². The second-order valence-corrected chi connectivity index (χ2v) is 4.36. The van der Waals surface area contributed by atoms with Gasteiger partial charge in [0.05, 0.1) is 10.9 Å². The summed E-state index contributed by atoms with van der Waals surface area (Å²) in [7, 11) is 0. The molecule has 0 aliphatic rings.